The highest BCUT2D eigenvalue weighted by atomic mass is 31.0. The van der Waals surface area contributed by atoms with E-state index in [2.05, 4.69) is 36.9 Å². The number of phenolic OH excluding ortho intramolecular Hbond substituents is 1. The zero-order chi connectivity index (χ0) is 20.9. The summed E-state index contributed by atoms with van der Waals surface area (Å²) in [7, 11) is 5.27. The van der Waals surface area contributed by atoms with E-state index in [-0.39, 0.29) is 11.8 Å². The largest absolute Gasteiger partial charge is 0.508 e. The van der Waals surface area contributed by atoms with E-state index in [1.165, 1.54) is 0 Å². The molecule has 0 aromatic heterocycles. The summed E-state index contributed by atoms with van der Waals surface area (Å²) in [4.78, 5) is 2.22. The number of likely N-dealkylation sites (tertiary alicyclic amines) is 1. The average molecular weight is 421 g/mol. The molecule has 0 saturated carbocycles. The number of aromatic hydroxyl groups is 1. The number of aliphatic hydroxyl groups excluding tert-OH is 1. The van der Waals surface area contributed by atoms with Gasteiger partial charge in [0.05, 0.1) is 11.7 Å². The maximum atomic E-state index is 11.3. The predicted molar refractivity (Wildman–Crippen MR) is 123 cm³/mol. The molecule has 1 aromatic carbocycles. The quantitative estimate of drug-likeness (QED) is 0.458. The van der Waals surface area contributed by atoms with Crippen molar-refractivity contribution in [3.05, 3.63) is 64.8 Å². The number of rotatable bonds is 7. The van der Waals surface area contributed by atoms with Crippen molar-refractivity contribution in [1.82, 2.24) is 4.90 Å². The second-order valence-electron chi connectivity index (χ2n) is 7.59. The summed E-state index contributed by atoms with van der Waals surface area (Å²) < 4.78 is 0. The van der Waals surface area contributed by atoms with E-state index in [0.29, 0.717) is 12.8 Å². The maximum absolute atomic E-state index is 11.3. The molecule has 154 valence electrons. The fraction of sp³-hybridized carbons (Fsp3) is 0.455. The molecule has 0 bridgehead atoms. The van der Waals surface area contributed by atoms with Crippen molar-refractivity contribution in [3.63, 3.8) is 0 Å². The third-order valence-corrected chi connectivity index (χ3v) is 6.06. The number of hydrogen-bond acceptors (Lipinski definition) is 4. The number of allylic oxidation sites excluding steroid dienone is 4. The van der Waals surface area contributed by atoms with Crippen molar-refractivity contribution >= 4 is 18.5 Å². The van der Waals surface area contributed by atoms with Crippen LogP contribution in [0.3, 0.4) is 0 Å². The van der Waals surface area contributed by atoms with Crippen LogP contribution in [-0.4, -0.2) is 45.0 Å². The van der Waals surface area contributed by atoms with E-state index in [1.54, 1.807) is 24.3 Å². The van der Waals surface area contributed by atoms with Crippen molar-refractivity contribution in [2.75, 3.05) is 13.1 Å². The molecule has 0 aliphatic carbocycles. The molecule has 6 heteroatoms. The zero-order valence-electron chi connectivity index (χ0n) is 16.8. The van der Waals surface area contributed by atoms with Gasteiger partial charge >= 0.3 is 0 Å². The Morgan fingerprint density at radius 3 is 2.29 bits per heavy atom. The lowest BCUT2D eigenvalue weighted by Gasteiger charge is -2.43. The van der Waals surface area contributed by atoms with Crippen LogP contribution in [0.25, 0.3) is 0 Å². The standard InChI is InChI=1S/C22H33NO3P2/c1-4-18(14-20(28)13-15(2)27)22(26)9-11-23(12-10-22)16(3)21(25)17-5-7-19(24)8-6-17/h5-8,13-14,16,21,24-26H,2,4,9-12,27-28H2,1,3H3/b18-14+,20-13+. The smallest absolute Gasteiger partial charge is 0.115 e. The van der Waals surface area contributed by atoms with Crippen LogP contribution in [0.4, 0.5) is 0 Å². The molecular formula is C22H33NO3P2. The lowest BCUT2D eigenvalue weighted by molar-refractivity contribution is -0.0260. The van der Waals surface area contributed by atoms with Gasteiger partial charge in [-0.2, -0.15) is 0 Å². The number of aliphatic hydroxyl groups is 2. The lowest BCUT2D eigenvalue weighted by Crippen LogP contribution is -2.49. The fourth-order valence-corrected chi connectivity index (χ4v) is 4.59. The van der Waals surface area contributed by atoms with Gasteiger partial charge in [-0.15, -0.1) is 18.5 Å². The lowest BCUT2D eigenvalue weighted by atomic mass is 9.81. The van der Waals surface area contributed by atoms with E-state index < -0.39 is 11.7 Å². The first-order valence-corrected chi connectivity index (χ1v) is 10.9. The van der Waals surface area contributed by atoms with Crippen molar-refractivity contribution < 1.29 is 15.3 Å². The van der Waals surface area contributed by atoms with Crippen LogP contribution in [-0.2, 0) is 0 Å². The van der Waals surface area contributed by atoms with Crippen LogP contribution in [0.1, 0.15) is 44.8 Å². The molecule has 1 aliphatic rings. The summed E-state index contributed by atoms with van der Waals surface area (Å²) in [5.74, 6) is 0.193. The topological polar surface area (TPSA) is 63.9 Å². The summed E-state index contributed by atoms with van der Waals surface area (Å²) >= 11 is 0. The Kier molecular flexibility index (Phi) is 8.43. The molecule has 4 atom stereocenters. The van der Waals surface area contributed by atoms with Crippen LogP contribution in [0.2, 0.25) is 0 Å². The predicted octanol–water partition coefficient (Wildman–Crippen LogP) is 4.13. The van der Waals surface area contributed by atoms with Gasteiger partial charge < -0.3 is 15.3 Å². The molecule has 0 spiro atoms. The van der Waals surface area contributed by atoms with E-state index >= 15 is 0 Å². The summed E-state index contributed by atoms with van der Waals surface area (Å²) in [6, 6.07) is 6.62. The molecule has 0 amide bonds. The van der Waals surface area contributed by atoms with Gasteiger partial charge in [-0.05, 0) is 66.2 Å². The molecule has 28 heavy (non-hydrogen) atoms. The second-order valence-corrected chi connectivity index (χ2v) is 9.00. The third-order valence-electron chi connectivity index (χ3n) is 5.56. The molecule has 1 saturated heterocycles. The number of phenols is 1. The minimum Gasteiger partial charge on any atom is -0.508 e. The summed E-state index contributed by atoms with van der Waals surface area (Å²) in [5, 5.41) is 33.3. The van der Waals surface area contributed by atoms with Gasteiger partial charge in [0.25, 0.3) is 0 Å². The first-order valence-electron chi connectivity index (χ1n) is 9.72. The molecular weight excluding hydrogens is 388 g/mol. The van der Waals surface area contributed by atoms with Crippen LogP contribution in [0, 0.1) is 0 Å². The van der Waals surface area contributed by atoms with Gasteiger partial charge in [-0.3, -0.25) is 4.90 Å². The normalized spacial score (nSPS) is 20.6. The van der Waals surface area contributed by atoms with Gasteiger partial charge in [0.1, 0.15) is 5.75 Å². The Morgan fingerprint density at radius 1 is 1.21 bits per heavy atom. The van der Waals surface area contributed by atoms with Gasteiger partial charge in [0.2, 0.25) is 0 Å². The minimum absolute atomic E-state index is 0.0687. The third kappa shape index (κ3) is 5.99. The Balaban J connectivity index is 2.06. The van der Waals surface area contributed by atoms with Crippen molar-refractivity contribution in [3.8, 4) is 5.75 Å². The van der Waals surface area contributed by atoms with Gasteiger partial charge in [0.15, 0.2) is 0 Å². The highest BCUT2D eigenvalue weighted by molar-refractivity contribution is 7.24. The SMILES string of the molecule is C=C(P)/C=C(P)\C=C(/CC)C1(O)CCN(C(C)C(O)c2ccc(O)cc2)CC1. The van der Waals surface area contributed by atoms with E-state index in [0.717, 1.165) is 41.3 Å². The first kappa shape index (κ1) is 23.3. The number of piperidine rings is 1. The number of hydrogen-bond donors (Lipinski definition) is 3. The molecule has 1 aliphatic heterocycles. The second kappa shape index (κ2) is 10.1. The summed E-state index contributed by atoms with van der Waals surface area (Å²) in [6.45, 7) is 9.38. The maximum Gasteiger partial charge on any atom is 0.115 e. The van der Waals surface area contributed by atoms with Crippen molar-refractivity contribution in [2.45, 2.75) is 50.9 Å². The van der Waals surface area contributed by atoms with E-state index in [1.807, 2.05) is 19.1 Å². The van der Waals surface area contributed by atoms with E-state index in [4.69, 9.17) is 0 Å². The average Bonchev–Trinajstić information content (AvgIpc) is 2.65. The minimum atomic E-state index is -0.813. The summed E-state index contributed by atoms with van der Waals surface area (Å²) in [5.41, 5.74) is 1.01. The first-order chi connectivity index (χ1) is 13.2. The molecule has 4 nitrogen and oxygen atoms in total. The van der Waals surface area contributed by atoms with Crippen LogP contribution < -0.4 is 0 Å². The monoisotopic (exact) mass is 421 g/mol. The summed E-state index contributed by atoms with van der Waals surface area (Å²) in [6.07, 6.45) is 5.43. The Morgan fingerprint density at radius 2 is 1.79 bits per heavy atom. The Bertz CT molecular complexity index is 735. The Labute approximate surface area is 173 Å². The van der Waals surface area contributed by atoms with Gasteiger partial charge in [-0.25, -0.2) is 0 Å². The molecule has 4 unspecified atom stereocenters. The van der Waals surface area contributed by atoms with Crippen molar-refractivity contribution in [2.24, 2.45) is 0 Å². The molecule has 1 aromatic rings. The molecule has 1 heterocycles. The fourth-order valence-electron chi connectivity index (χ4n) is 3.79. The van der Waals surface area contributed by atoms with E-state index in [9.17, 15) is 15.3 Å². The van der Waals surface area contributed by atoms with Crippen molar-refractivity contribution in [1.29, 1.82) is 0 Å². The highest BCUT2D eigenvalue weighted by Gasteiger charge is 2.37. The molecule has 3 N–H and O–H groups in total. The number of nitrogens with zero attached hydrogens (tertiary/aromatic N) is 1. The Hall–Kier alpha value is -1.02. The van der Waals surface area contributed by atoms with Gasteiger partial charge in [0, 0.05) is 19.1 Å². The molecule has 0 radical (unpaired) electrons. The molecule has 2 rings (SSSR count). The zero-order valence-corrected chi connectivity index (χ0v) is 19.1. The number of benzene rings is 1. The highest BCUT2D eigenvalue weighted by Crippen LogP contribution is 2.35. The van der Waals surface area contributed by atoms with Gasteiger partial charge in [-0.1, -0.05) is 31.7 Å². The van der Waals surface area contributed by atoms with Crippen LogP contribution >= 0.6 is 18.5 Å². The van der Waals surface area contributed by atoms with Crippen LogP contribution in [0.5, 0.6) is 5.75 Å². The molecule has 1 fully saturated rings. The van der Waals surface area contributed by atoms with Crippen LogP contribution in [0.15, 0.2) is 59.2 Å².